The first-order valence-electron chi connectivity index (χ1n) is 6.15. The molecule has 0 aromatic rings. The second kappa shape index (κ2) is 6.16. The highest BCUT2D eigenvalue weighted by Gasteiger charge is 2.27. The molecule has 1 rings (SSSR count). The molecule has 1 aliphatic heterocycles. The van der Waals surface area contributed by atoms with Gasteiger partial charge in [0.25, 0.3) is 0 Å². The molecule has 0 bridgehead atoms. The van der Waals surface area contributed by atoms with E-state index in [1.165, 1.54) is 18.4 Å². The van der Waals surface area contributed by atoms with E-state index >= 15 is 0 Å². The van der Waals surface area contributed by atoms with Crippen molar-refractivity contribution in [2.45, 2.75) is 45.8 Å². The summed E-state index contributed by atoms with van der Waals surface area (Å²) in [6.07, 6.45) is 3.92. The van der Waals surface area contributed by atoms with Gasteiger partial charge in [0.05, 0.1) is 0 Å². The molecule has 0 saturated carbocycles. The molecule has 0 radical (unpaired) electrons. The van der Waals surface area contributed by atoms with Crippen LogP contribution in [0.2, 0.25) is 0 Å². The summed E-state index contributed by atoms with van der Waals surface area (Å²) in [5, 5.41) is 10.2. The number of hydrogen-bond acceptors (Lipinski definition) is 3. The van der Waals surface area contributed by atoms with E-state index in [1.807, 2.05) is 19.0 Å². The number of hydrogen-bond donors (Lipinski definition) is 1. The minimum Gasteiger partial charge on any atom is -0.374 e. The van der Waals surface area contributed by atoms with Crippen molar-refractivity contribution < 1.29 is 5.11 Å². The van der Waals surface area contributed by atoms with Crippen molar-refractivity contribution in [3.05, 3.63) is 11.1 Å². The normalized spacial score (nSPS) is 28.6. The fraction of sp³-hybridized carbons (Fsp3) is 0.769. The summed E-state index contributed by atoms with van der Waals surface area (Å²) in [6.45, 7) is 5.20. The summed E-state index contributed by atoms with van der Waals surface area (Å²) in [5.41, 5.74) is 3.44. The maximum Gasteiger partial charge on any atom is 0.135 e. The molecule has 0 aromatic heterocycles. The summed E-state index contributed by atoms with van der Waals surface area (Å²) < 4.78 is 0. The van der Waals surface area contributed by atoms with E-state index in [0.29, 0.717) is 0 Å². The molecule has 92 valence electrons. The number of aliphatic hydroxyl groups excluding tert-OH is 1. The first-order valence-corrected chi connectivity index (χ1v) is 6.15. The Bertz CT molecular complexity index is 294. The Morgan fingerprint density at radius 1 is 1.56 bits per heavy atom. The maximum atomic E-state index is 10.2. The number of unbranched alkanes of at least 4 members (excludes halogenated alkanes) is 1. The van der Waals surface area contributed by atoms with Crippen LogP contribution in [0.5, 0.6) is 0 Å². The molecule has 0 aromatic carbocycles. The molecule has 0 aliphatic carbocycles. The van der Waals surface area contributed by atoms with Crippen LogP contribution in [0, 0.1) is 0 Å². The zero-order valence-corrected chi connectivity index (χ0v) is 11.0. The maximum absolute atomic E-state index is 10.2. The zero-order chi connectivity index (χ0) is 12.1. The van der Waals surface area contributed by atoms with Gasteiger partial charge in [0.1, 0.15) is 6.23 Å². The smallest absolute Gasteiger partial charge is 0.135 e. The van der Waals surface area contributed by atoms with E-state index in [-0.39, 0.29) is 0 Å². The summed E-state index contributed by atoms with van der Waals surface area (Å²) in [4.78, 5) is 6.30. The molecular formula is C13H24N2O. The van der Waals surface area contributed by atoms with Gasteiger partial charge in [0.15, 0.2) is 0 Å². The number of likely N-dealkylation sites (tertiary alicyclic amines) is 1. The van der Waals surface area contributed by atoms with Crippen molar-refractivity contribution in [1.29, 1.82) is 0 Å². The van der Waals surface area contributed by atoms with Crippen LogP contribution in [0.3, 0.4) is 0 Å². The lowest BCUT2D eigenvalue weighted by Crippen LogP contribution is -2.42. The highest BCUT2D eigenvalue weighted by atomic mass is 16.3. The topological polar surface area (TPSA) is 35.8 Å². The third-order valence-electron chi connectivity index (χ3n) is 3.32. The molecule has 1 aliphatic rings. The molecular weight excluding hydrogens is 200 g/mol. The van der Waals surface area contributed by atoms with Gasteiger partial charge >= 0.3 is 0 Å². The highest BCUT2D eigenvalue weighted by molar-refractivity contribution is 6.02. The Morgan fingerprint density at radius 3 is 2.81 bits per heavy atom. The lowest BCUT2D eigenvalue weighted by molar-refractivity contribution is 0.0520. The van der Waals surface area contributed by atoms with E-state index in [4.69, 9.17) is 0 Å². The molecule has 3 nitrogen and oxygen atoms in total. The number of piperidine rings is 1. The van der Waals surface area contributed by atoms with Crippen molar-refractivity contribution in [2.24, 2.45) is 4.99 Å². The summed E-state index contributed by atoms with van der Waals surface area (Å²) in [6, 6.07) is 0. The fourth-order valence-corrected chi connectivity index (χ4v) is 2.18. The molecule has 1 heterocycles. The summed E-state index contributed by atoms with van der Waals surface area (Å²) in [5.74, 6) is 0. The van der Waals surface area contributed by atoms with Gasteiger partial charge in [0.2, 0.25) is 0 Å². The molecule has 3 heteroatoms. The van der Waals surface area contributed by atoms with E-state index < -0.39 is 6.23 Å². The van der Waals surface area contributed by atoms with Gasteiger partial charge in [-0.3, -0.25) is 9.89 Å². The predicted octanol–water partition coefficient (Wildman–Crippen LogP) is 2.22. The minimum absolute atomic E-state index is 0.468. The van der Waals surface area contributed by atoms with Crippen molar-refractivity contribution in [1.82, 2.24) is 4.90 Å². The number of allylic oxidation sites excluding steroid dienone is 1. The van der Waals surface area contributed by atoms with Crippen LogP contribution in [0.4, 0.5) is 0 Å². The number of nitrogens with zero attached hydrogens (tertiary/aromatic N) is 2. The van der Waals surface area contributed by atoms with Gasteiger partial charge in [-0.05, 0) is 26.8 Å². The minimum atomic E-state index is -0.468. The van der Waals surface area contributed by atoms with Crippen LogP contribution in [0.1, 0.15) is 39.5 Å². The molecule has 1 atom stereocenters. The van der Waals surface area contributed by atoms with Crippen molar-refractivity contribution in [3.8, 4) is 0 Å². The van der Waals surface area contributed by atoms with E-state index in [1.54, 1.807) is 0 Å². The van der Waals surface area contributed by atoms with Crippen LogP contribution < -0.4 is 0 Å². The third-order valence-corrected chi connectivity index (χ3v) is 3.32. The highest BCUT2D eigenvalue weighted by Crippen LogP contribution is 2.24. The first kappa shape index (κ1) is 13.4. The molecule has 1 N–H and O–H groups in total. The average molecular weight is 224 g/mol. The van der Waals surface area contributed by atoms with Gasteiger partial charge in [-0.25, -0.2) is 0 Å². The number of rotatable bonds is 3. The largest absolute Gasteiger partial charge is 0.374 e. The van der Waals surface area contributed by atoms with E-state index in [0.717, 1.165) is 30.7 Å². The van der Waals surface area contributed by atoms with Gasteiger partial charge in [-0.1, -0.05) is 18.9 Å². The monoisotopic (exact) mass is 224 g/mol. The Balaban J connectivity index is 2.93. The van der Waals surface area contributed by atoms with Gasteiger partial charge < -0.3 is 5.11 Å². The van der Waals surface area contributed by atoms with Crippen LogP contribution in [0.25, 0.3) is 0 Å². The predicted molar refractivity (Wildman–Crippen MR) is 68.8 cm³/mol. The fourth-order valence-electron chi connectivity index (χ4n) is 2.18. The van der Waals surface area contributed by atoms with Crippen molar-refractivity contribution in [2.75, 3.05) is 20.6 Å². The first-order chi connectivity index (χ1) is 7.61. The zero-order valence-electron chi connectivity index (χ0n) is 11.0. The number of aliphatic hydroxyl groups is 1. The quantitative estimate of drug-likeness (QED) is 0.798. The van der Waals surface area contributed by atoms with Gasteiger partial charge in [-0.15, -0.1) is 0 Å². The van der Waals surface area contributed by atoms with Crippen molar-refractivity contribution in [3.63, 3.8) is 0 Å². The van der Waals surface area contributed by atoms with Gasteiger partial charge in [0, 0.05) is 31.3 Å². The Morgan fingerprint density at radius 2 is 2.25 bits per heavy atom. The Labute approximate surface area is 98.9 Å². The standard InChI is InChI=1S/C13H24N2O/c1-5-6-7-10(2)12-11(14-3)8-9-15(4)13(12)16/h13,16H,5-9H2,1-4H3. The van der Waals surface area contributed by atoms with Crippen molar-refractivity contribution >= 4 is 5.71 Å². The lowest BCUT2D eigenvalue weighted by Gasteiger charge is -2.33. The second-order valence-electron chi connectivity index (χ2n) is 4.57. The SMILES string of the molecule is CCCCC(C)=C1C(=NC)CCN(C)C1O. The Kier molecular flexibility index (Phi) is 5.16. The van der Waals surface area contributed by atoms with Gasteiger partial charge in [-0.2, -0.15) is 0 Å². The lowest BCUT2D eigenvalue weighted by atomic mass is 9.93. The van der Waals surface area contributed by atoms with E-state index in [9.17, 15) is 5.11 Å². The van der Waals surface area contributed by atoms with Crippen LogP contribution in [0.15, 0.2) is 16.1 Å². The molecule has 1 saturated heterocycles. The molecule has 0 spiro atoms. The molecule has 16 heavy (non-hydrogen) atoms. The number of likely N-dealkylation sites (N-methyl/N-ethyl adjacent to an activating group) is 1. The van der Waals surface area contributed by atoms with Crippen LogP contribution in [-0.4, -0.2) is 42.6 Å². The van der Waals surface area contributed by atoms with Crippen LogP contribution >= 0.6 is 0 Å². The third kappa shape index (κ3) is 2.92. The average Bonchev–Trinajstić information content (AvgIpc) is 2.29. The Hall–Kier alpha value is -0.670. The molecule has 1 unspecified atom stereocenters. The summed E-state index contributed by atoms with van der Waals surface area (Å²) in [7, 11) is 3.78. The number of aliphatic imine (C=N–C) groups is 1. The molecule has 0 amide bonds. The van der Waals surface area contributed by atoms with E-state index in [2.05, 4.69) is 18.8 Å². The second-order valence-corrected chi connectivity index (χ2v) is 4.57. The summed E-state index contributed by atoms with van der Waals surface area (Å²) >= 11 is 0. The van der Waals surface area contributed by atoms with Crippen LogP contribution in [-0.2, 0) is 0 Å². The molecule has 1 fully saturated rings.